The van der Waals surface area contributed by atoms with Crippen molar-refractivity contribution in [2.45, 2.75) is 31.3 Å². The Morgan fingerprint density at radius 3 is 2.82 bits per heavy atom. The number of pyridine rings is 1. The highest BCUT2D eigenvalue weighted by atomic mass is 35.5. The van der Waals surface area contributed by atoms with E-state index in [-0.39, 0.29) is 27.9 Å². The molecule has 0 saturated heterocycles. The summed E-state index contributed by atoms with van der Waals surface area (Å²) in [6, 6.07) is 3.28. The van der Waals surface area contributed by atoms with Crippen molar-refractivity contribution in [1.82, 2.24) is 24.9 Å². The number of nitrogens with zero attached hydrogens (tertiary/aromatic N) is 3. The fourth-order valence-electron chi connectivity index (χ4n) is 4.54. The minimum absolute atomic E-state index is 0.120. The number of carbonyl (C=O) groups is 1. The lowest BCUT2D eigenvalue weighted by atomic mass is 9.71. The number of aromatic nitrogens is 4. The molecule has 6 rings (SSSR count). The number of carbonyl (C=O) groups excluding carboxylic acids is 1. The number of amides is 1. The Kier molecular flexibility index (Phi) is 2.87. The molecule has 3 aromatic rings. The molecule has 4 heterocycles. The number of hydrogen-bond donors (Lipinski definition) is 4. The van der Waals surface area contributed by atoms with Crippen LogP contribution < -0.4 is 21.6 Å². The van der Waals surface area contributed by atoms with Crippen LogP contribution in [0.3, 0.4) is 0 Å². The maximum absolute atomic E-state index is 13.1. The Morgan fingerprint density at radius 2 is 2.04 bits per heavy atom. The summed E-state index contributed by atoms with van der Waals surface area (Å²) in [4.78, 5) is 37.2. The van der Waals surface area contributed by atoms with E-state index >= 15 is 0 Å². The largest absolute Gasteiger partial charge is 0.346 e. The first kappa shape index (κ1) is 15.9. The van der Waals surface area contributed by atoms with Gasteiger partial charge in [-0.05, 0) is 43.2 Å². The number of halogens is 1. The zero-order valence-electron chi connectivity index (χ0n) is 14.7. The maximum atomic E-state index is 13.1. The first-order valence-electron chi connectivity index (χ1n) is 9.09. The number of fused-ring (bicyclic) bond motifs is 2. The fraction of sp³-hybridized carbons (Fsp3) is 0.333. The quantitative estimate of drug-likeness (QED) is 0.526. The maximum Gasteiger partial charge on any atom is 0.293 e. The van der Waals surface area contributed by atoms with Crippen molar-refractivity contribution in [3.05, 3.63) is 45.7 Å². The average molecular weight is 398 g/mol. The lowest BCUT2D eigenvalue weighted by Gasteiger charge is -2.52. The molecule has 0 unspecified atom stereocenters. The van der Waals surface area contributed by atoms with E-state index in [4.69, 9.17) is 11.6 Å². The highest BCUT2D eigenvalue weighted by molar-refractivity contribution is 6.34. The lowest BCUT2D eigenvalue weighted by Crippen LogP contribution is -2.70. The molecule has 0 aromatic carbocycles. The molecule has 3 aromatic heterocycles. The molecule has 0 atom stereocenters. The first-order valence-corrected chi connectivity index (χ1v) is 9.47. The van der Waals surface area contributed by atoms with Crippen molar-refractivity contribution < 1.29 is 4.79 Å². The number of H-pyrrole nitrogens is 1. The van der Waals surface area contributed by atoms with E-state index in [1.807, 2.05) is 6.07 Å². The van der Waals surface area contributed by atoms with E-state index in [0.717, 1.165) is 18.2 Å². The van der Waals surface area contributed by atoms with Gasteiger partial charge in [-0.15, -0.1) is 0 Å². The Labute approximate surface area is 163 Å². The molecule has 10 heteroatoms. The van der Waals surface area contributed by atoms with Crippen LogP contribution in [-0.2, 0) is 0 Å². The Bertz CT molecular complexity index is 1220. The molecule has 28 heavy (non-hydrogen) atoms. The molecule has 9 nitrogen and oxygen atoms in total. The van der Waals surface area contributed by atoms with E-state index in [0.29, 0.717) is 16.9 Å². The van der Waals surface area contributed by atoms with Crippen LogP contribution in [-0.4, -0.2) is 31.2 Å². The van der Waals surface area contributed by atoms with Crippen LogP contribution in [0.25, 0.3) is 11.0 Å². The summed E-state index contributed by atoms with van der Waals surface area (Å²) in [5, 5.41) is 6.97. The Balaban J connectivity index is 1.43. The van der Waals surface area contributed by atoms with Gasteiger partial charge in [-0.3, -0.25) is 15.0 Å². The summed E-state index contributed by atoms with van der Waals surface area (Å²) in [5.41, 5.74) is 3.60. The highest BCUT2D eigenvalue weighted by Gasteiger charge is 2.63. The average Bonchev–Trinajstić information content (AvgIpc) is 3.24. The second-order valence-electron chi connectivity index (χ2n) is 7.98. The summed E-state index contributed by atoms with van der Waals surface area (Å²) >= 11 is 6.36. The van der Waals surface area contributed by atoms with Crippen LogP contribution >= 0.6 is 11.6 Å². The van der Waals surface area contributed by atoms with Gasteiger partial charge < -0.3 is 15.6 Å². The number of nitrogens with one attached hydrogen (secondary N) is 4. The van der Waals surface area contributed by atoms with Crippen LogP contribution in [0, 0.1) is 5.41 Å². The van der Waals surface area contributed by atoms with Gasteiger partial charge in [-0.25, -0.2) is 14.6 Å². The van der Waals surface area contributed by atoms with Gasteiger partial charge in [0.25, 0.3) is 11.5 Å². The second kappa shape index (κ2) is 5.05. The zero-order valence-corrected chi connectivity index (χ0v) is 15.4. The molecule has 3 aliphatic rings. The summed E-state index contributed by atoms with van der Waals surface area (Å²) in [5.74, 6) is 0.147. The third-order valence-corrected chi connectivity index (χ3v) is 6.25. The number of hydrogen-bond acceptors (Lipinski definition) is 6. The third-order valence-electron chi connectivity index (χ3n) is 5.97. The Hall–Kier alpha value is -3.07. The van der Waals surface area contributed by atoms with E-state index in [1.54, 1.807) is 6.20 Å². The topological polar surface area (TPSA) is 117 Å². The molecule has 1 amide bonds. The van der Waals surface area contributed by atoms with Crippen LogP contribution in [0.4, 0.5) is 11.5 Å². The smallest absolute Gasteiger partial charge is 0.293 e. The predicted molar refractivity (Wildman–Crippen MR) is 103 cm³/mol. The molecule has 2 aliphatic carbocycles. The minimum Gasteiger partial charge on any atom is -0.346 e. The van der Waals surface area contributed by atoms with E-state index in [9.17, 15) is 9.59 Å². The van der Waals surface area contributed by atoms with Gasteiger partial charge in [0.1, 0.15) is 34.8 Å². The molecular formula is C18H16ClN7O2. The number of rotatable bonds is 2. The normalized spacial score (nSPS) is 20.4. The van der Waals surface area contributed by atoms with Crippen molar-refractivity contribution in [2.75, 3.05) is 10.7 Å². The van der Waals surface area contributed by atoms with Crippen molar-refractivity contribution in [2.24, 2.45) is 5.41 Å². The molecule has 1 aliphatic heterocycles. The van der Waals surface area contributed by atoms with Crippen molar-refractivity contribution in [3.63, 3.8) is 0 Å². The van der Waals surface area contributed by atoms with E-state index < -0.39 is 5.66 Å². The van der Waals surface area contributed by atoms with Crippen molar-refractivity contribution in [3.8, 4) is 0 Å². The lowest BCUT2D eigenvalue weighted by molar-refractivity contribution is 0.0594. The van der Waals surface area contributed by atoms with Gasteiger partial charge in [-0.1, -0.05) is 11.6 Å². The van der Waals surface area contributed by atoms with Gasteiger partial charge in [0.15, 0.2) is 0 Å². The summed E-state index contributed by atoms with van der Waals surface area (Å²) in [6.07, 6.45) is 7.15. The molecule has 4 N–H and O–H groups in total. The number of anilines is 2. The molecular weight excluding hydrogens is 382 g/mol. The second-order valence-corrected chi connectivity index (χ2v) is 8.39. The van der Waals surface area contributed by atoms with E-state index in [2.05, 4.69) is 31.0 Å². The molecule has 2 saturated carbocycles. The Morgan fingerprint density at radius 1 is 1.21 bits per heavy atom. The zero-order chi connectivity index (χ0) is 19.1. The van der Waals surface area contributed by atoms with Gasteiger partial charge in [-0.2, -0.15) is 0 Å². The molecule has 0 bridgehead atoms. The molecule has 2 fully saturated rings. The van der Waals surface area contributed by atoms with Gasteiger partial charge in [0.05, 0.1) is 10.4 Å². The summed E-state index contributed by atoms with van der Waals surface area (Å²) < 4.78 is 1.27. The fourth-order valence-corrected chi connectivity index (χ4v) is 4.82. The SMILES string of the molecule is O=C1NC2(CC3(CC3)C2)Nn2c1c(Cl)cc(Nc1ncnc3[nH]ccc13)c2=O. The first-order chi connectivity index (χ1) is 13.5. The molecule has 0 radical (unpaired) electrons. The molecule has 2 spiro atoms. The standard InChI is InChI=1S/C18H16ClN7O2/c19-10-5-11(23-14-9-1-4-20-13(9)21-8-22-14)16(28)26-12(10)15(27)24-18(25-26)6-17(7-18)2-3-17/h1,4-5,8,25H,2-3,6-7H2,(H,24,27)(H2,20,21,22,23). The van der Waals surface area contributed by atoms with Crippen LogP contribution in [0.1, 0.15) is 36.2 Å². The van der Waals surface area contributed by atoms with Crippen LogP contribution in [0.15, 0.2) is 29.5 Å². The van der Waals surface area contributed by atoms with E-state index in [1.165, 1.54) is 29.9 Å². The predicted octanol–water partition coefficient (Wildman–Crippen LogP) is 2.07. The minimum atomic E-state index is -0.574. The third kappa shape index (κ3) is 2.13. The summed E-state index contributed by atoms with van der Waals surface area (Å²) in [6.45, 7) is 0. The van der Waals surface area contributed by atoms with Crippen LogP contribution in [0.2, 0.25) is 5.02 Å². The van der Waals surface area contributed by atoms with Crippen molar-refractivity contribution >= 4 is 40.0 Å². The molecule has 142 valence electrons. The van der Waals surface area contributed by atoms with Gasteiger partial charge in [0, 0.05) is 6.20 Å². The van der Waals surface area contributed by atoms with Gasteiger partial charge in [0.2, 0.25) is 0 Å². The van der Waals surface area contributed by atoms with Gasteiger partial charge >= 0.3 is 0 Å². The monoisotopic (exact) mass is 397 g/mol. The number of aromatic amines is 1. The van der Waals surface area contributed by atoms with Crippen LogP contribution in [0.5, 0.6) is 0 Å². The van der Waals surface area contributed by atoms with Crippen molar-refractivity contribution in [1.29, 1.82) is 0 Å². The highest BCUT2D eigenvalue weighted by Crippen LogP contribution is 2.64. The summed E-state index contributed by atoms with van der Waals surface area (Å²) in [7, 11) is 0.